The Bertz CT molecular complexity index is 429. The van der Waals surface area contributed by atoms with Crippen molar-refractivity contribution in [1.82, 2.24) is 9.78 Å². The largest absolute Gasteiger partial charge is 0.329 e. The first-order chi connectivity index (χ1) is 8.02. The van der Waals surface area contributed by atoms with Crippen LogP contribution >= 0.6 is 11.6 Å². The summed E-state index contributed by atoms with van der Waals surface area (Å²) in [5, 5.41) is 4.60. The number of hydrogen-bond donors (Lipinski definition) is 1. The van der Waals surface area contributed by atoms with Crippen LogP contribution in [-0.4, -0.2) is 22.1 Å². The van der Waals surface area contributed by atoms with Gasteiger partial charge in [0.05, 0.1) is 11.2 Å². The van der Waals surface area contributed by atoms with E-state index in [2.05, 4.69) is 5.10 Å². The molecule has 1 aliphatic rings. The highest BCUT2D eigenvalue weighted by atomic mass is 35.5. The molecule has 1 aromatic rings. The first-order valence-electron chi connectivity index (χ1n) is 6.00. The Kier molecular flexibility index (Phi) is 3.27. The number of carbonyl (C=O) groups is 1. The SMILES string of the molecule is CC(C)n1ncc(Cl)c1C(=O)C1(CN)CCC1. The summed E-state index contributed by atoms with van der Waals surface area (Å²) in [4.78, 5) is 12.6. The topological polar surface area (TPSA) is 60.9 Å². The van der Waals surface area contributed by atoms with Gasteiger partial charge in [0.15, 0.2) is 5.78 Å². The number of nitrogens with two attached hydrogens (primary N) is 1. The fraction of sp³-hybridized carbons (Fsp3) is 0.667. The number of nitrogens with zero attached hydrogens (tertiary/aromatic N) is 2. The van der Waals surface area contributed by atoms with Crippen LogP contribution in [0.4, 0.5) is 0 Å². The fourth-order valence-electron chi connectivity index (χ4n) is 2.32. The van der Waals surface area contributed by atoms with Crippen molar-refractivity contribution in [2.75, 3.05) is 6.54 Å². The molecule has 4 nitrogen and oxygen atoms in total. The van der Waals surface area contributed by atoms with Crippen LogP contribution in [-0.2, 0) is 0 Å². The van der Waals surface area contributed by atoms with Gasteiger partial charge in [-0.3, -0.25) is 9.48 Å². The summed E-state index contributed by atoms with van der Waals surface area (Å²) in [6.07, 6.45) is 4.33. The van der Waals surface area contributed by atoms with E-state index in [1.165, 1.54) is 6.20 Å². The average Bonchev–Trinajstić information content (AvgIpc) is 2.59. The number of halogens is 1. The molecule has 1 saturated carbocycles. The van der Waals surface area contributed by atoms with Crippen LogP contribution in [0.15, 0.2) is 6.20 Å². The number of Topliss-reactive ketones (excluding diaryl/α,β-unsaturated/α-hetero) is 1. The number of ketones is 1. The van der Waals surface area contributed by atoms with Gasteiger partial charge in [0.2, 0.25) is 0 Å². The summed E-state index contributed by atoms with van der Waals surface area (Å²) in [7, 11) is 0. The van der Waals surface area contributed by atoms with Crippen molar-refractivity contribution in [3.63, 3.8) is 0 Å². The molecule has 0 aliphatic heterocycles. The zero-order valence-electron chi connectivity index (χ0n) is 10.2. The smallest absolute Gasteiger partial charge is 0.189 e. The molecule has 0 spiro atoms. The molecule has 0 radical (unpaired) electrons. The van der Waals surface area contributed by atoms with Gasteiger partial charge in [0.1, 0.15) is 5.69 Å². The molecule has 0 bridgehead atoms. The lowest BCUT2D eigenvalue weighted by Crippen LogP contribution is -2.45. The Hall–Kier alpha value is -0.870. The minimum absolute atomic E-state index is 0.0578. The first kappa shape index (κ1) is 12.6. The fourth-order valence-corrected chi connectivity index (χ4v) is 2.54. The lowest BCUT2D eigenvalue weighted by atomic mass is 9.65. The minimum atomic E-state index is -0.393. The molecule has 1 aromatic heterocycles. The molecule has 94 valence electrons. The number of aromatic nitrogens is 2. The summed E-state index contributed by atoms with van der Waals surface area (Å²) in [6, 6.07) is 0.122. The molecule has 0 saturated heterocycles. The van der Waals surface area contributed by atoms with E-state index < -0.39 is 5.41 Å². The first-order valence-corrected chi connectivity index (χ1v) is 6.37. The van der Waals surface area contributed by atoms with Crippen molar-refractivity contribution in [2.24, 2.45) is 11.1 Å². The van der Waals surface area contributed by atoms with Crippen LogP contribution < -0.4 is 5.73 Å². The van der Waals surface area contributed by atoms with Gasteiger partial charge in [-0.25, -0.2) is 0 Å². The summed E-state index contributed by atoms with van der Waals surface area (Å²) >= 11 is 6.08. The Balaban J connectivity index is 2.39. The summed E-state index contributed by atoms with van der Waals surface area (Å²) in [5.74, 6) is 0.0578. The molecule has 2 rings (SSSR count). The predicted molar refractivity (Wildman–Crippen MR) is 67.3 cm³/mol. The van der Waals surface area contributed by atoms with Crippen LogP contribution in [0.1, 0.15) is 49.6 Å². The van der Waals surface area contributed by atoms with Gasteiger partial charge < -0.3 is 5.73 Å². The molecule has 17 heavy (non-hydrogen) atoms. The van der Waals surface area contributed by atoms with Crippen LogP contribution in [0.2, 0.25) is 5.02 Å². The van der Waals surface area contributed by atoms with E-state index in [1.54, 1.807) is 4.68 Å². The number of carbonyl (C=O) groups excluding carboxylic acids is 1. The monoisotopic (exact) mass is 255 g/mol. The molecule has 0 unspecified atom stereocenters. The Morgan fingerprint density at radius 3 is 2.71 bits per heavy atom. The maximum absolute atomic E-state index is 12.6. The predicted octanol–water partition coefficient (Wildman–Crippen LogP) is 2.43. The summed E-state index contributed by atoms with van der Waals surface area (Å²) in [5.41, 5.74) is 5.89. The zero-order valence-corrected chi connectivity index (χ0v) is 11.0. The zero-order chi connectivity index (χ0) is 12.6. The Morgan fingerprint density at radius 1 is 1.65 bits per heavy atom. The minimum Gasteiger partial charge on any atom is -0.329 e. The quantitative estimate of drug-likeness (QED) is 0.841. The second-order valence-corrected chi connectivity index (χ2v) is 5.45. The van der Waals surface area contributed by atoms with E-state index in [1.807, 2.05) is 13.8 Å². The lowest BCUT2D eigenvalue weighted by Gasteiger charge is -2.39. The van der Waals surface area contributed by atoms with E-state index in [0.29, 0.717) is 17.3 Å². The highest BCUT2D eigenvalue weighted by Crippen LogP contribution is 2.43. The molecule has 0 atom stereocenters. The molecular weight excluding hydrogens is 238 g/mol. The molecule has 5 heteroatoms. The van der Waals surface area contributed by atoms with Gasteiger partial charge >= 0.3 is 0 Å². The molecular formula is C12H18ClN3O. The molecule has 0 amide bonds. The van der Waals surface area contributed by atoms with Crippen LogP contribution in [0.5, 0.6) is 0 Å². The lowest BCUT2D eigenvalue weighted by molar-refractivity contribution is 0.0621. The molecule has 1 fully saturated rings. The van der Waals surface area contributed by atoms with Crippen molar-refractivity contribution in [2.45, 2.75) is 39.2 Å². The van der Waals surface area contributed by atoms with Crippen molar-refractivity contribution >= 4 is 17.4 Å². The van der Waals surface area contributed by atoms with E-state index >= 15 is 0 Å². The van der Waals surface area contributed by atoms with Gasteiger partial charge in [-0.05, 0) is 26.7 Å². The highest BCUT2D eigenvalue weighted by Gasteiger charge is 2.45. The van der Waals surface area contributed by atoms with Crippen molar-refractivity contribution in [1.29, 1.82) is 0 Å². The molecule has 0 aromatic carbocycles. The van der Waals surface area contributed by atoms with Crippen molar-refractivity contribution < 1.29 is 4.79 Å². The van der Waals surface area contributed by atoms with Crippen molar-refractivity contribution in [3.8, 4) is 0 Å². The standard InChI is InChI=1S/C12H18ClN3O/c1-8(2)16-10(9(13)6-15-16)11(17)12(7-14)4-3-5-12/h6,8H,3-5,7,14H2,1-2H3. The maximum atomic E-state index is 12.6. The Morgan fingerprint density at radius 2 is 2.29 bits per heavy atom. The van der Waals surface area contributed by atoms with Gasteiger partial charge in [0.25, 0.3) is 0 Å². The third-order valence-corrected chi connectivity index (χ3v) is 3.91. The molecule has 1 aliphatic carbocycles. The average molecular weight is 256 g/mol. The normalized spacial score (nSPS) is 18.2. The number of hydrogen-bond acceptors (Lipinski definition) is 3. The van der Waals surface area contributed by atoms with Gasteiger partial charge in [-0.1, -0.05) is 18.0 Å². The third kappa shape index (κ3) is 1.89. The van der Waals surface area contributed by atoms with E-state index in [-0.39, 0.29) is 11.8 Å². The molecule has 1 heterocycles. The van der Waals surface area contributed by atoms with Gasteiger partial charge in [-0.2, -0.15) is 5.10 Å². The second kappa shape index (κ2) is 4.42. The Labute approximate surface area is 106 Å². The molecule has 2 N–H and O–H groups in total. The van der Waals surface area contributed by atoms with E-state index in [9.17, 15) is 4.79 Å². The highest BCUT2D eigenvalue weighted by molar-refractivity contribution is 6.33. The van der Waals surface area contributed by atoms with Crippen LogP contribution in [0.3, 0.4) is 0 Å². The number of rotatable bonds is 4. The summed E-state index contributed by atoms with van der Waals surface area (Å²) in [6.45, 7) is 4.36. The van der Waals surface area contributed by atoms with E-state index in [4.69, 9.17) is 17.3 Å². The van der Waals surface area contributed by atoms with Gasteiger partial charge in [-0.15, -0.1) is 0 Å². The van der Waals surface area contributed by atoms with E-state index in [0.717, 1.165) is 19.3 Å². The maximum Gasteiger partial charge on any atom is 0.189 e. The van der Waals surface area contributed by atoms with Gasteiger partial charge in [0, 0.05) is 18.0 Å². The van der Waals surface area contributed by atoms with Crippen LogP contribution in [0.25, 0.3) is 0 Å². The second-order valence-electron chi connectivity index (χ2n) is 5.05. The van der Waals surface area contributed by atoms with Crippen LogP contribution in [0, 0.1) is 5.41 Å². The van der Waals surface area contributed by atoms with Crippen molar-refractivity contribution in [3.05, 3.63) is 16.9 Å². The third-order valence-electron chi connectivity index (χ3n) is 3.64. The summed E-state index contributed by atoms with van der Waals surface area (Å²) < 4.78 is 1.69.